The van der Waals surface area contributed by atoms with Crippen molar-refractivity contribution in [3.05, 3.63) is 53.3 Å². The van der Waals surface area contributed by atoms with Gasteiger partial charge in [-0.25, -0.2) is 0 Å². The summed E-state index contributed by atoms with van der Waals surface area (Å²) in [5, 5.41) is 12.0. The van der Waals surface area contributed by atoms with Crippen LogP contribution in [0.25, 0.3) is 6.08 Å². The summed E-state index contributed by atoms with van der Waals surface area (Å²) in [5.41, 5.74) is 0.611. The van der Waals surface area contributed by atoms with Gasteiger partial charge < -0.3 is 14.8 Å². The number of carbonyl (C=O) groups excluding carboxylic acids is 2. The normalized spacial score (nSPS) is 15.7. The molecule has 1 saturated heterocycles. The maximum absolute atomic E-state index is 12.4. The molecule has 1 aliphatic heterocycles. The van der Waals surface area contributed by atoms with Crippen molar-refractivity contribution >= 4 is 51.9 Å². The standard InChI is InChI=1S/C18H16N2O4S2/c21-13-7-5-12(6-8-13)19-16(22)4-1-9-20-17(23)15(26-18(20)25)11-14-3-2-10-24-14/h2-3,5-8,10-11,21H,1,4,9H2,(H,19,22)/b15-11+. The predicted octanol–water partition coefficient (Wildman–Crippen LogP) is 3.61. The Balaban J connectivity index is 1.50. The van der Waals surface area contributed by atoms with Crippen LogP contribution >= 0.6 is 24.0 Å². The number of anilines is 1. The molecule has 2 heterocycles. The van der Waals surface area contributed by atoms with Gasteiger partial charge in [0.05, 0.1) is 11.2 Å². The van der Waals surface area contributed by atoms with Gasteiger partial charge >= 0.3 is 0 Å². The Morgan fingerprint density at radius 2 is 2.08 bits per heavy atom. The van der Waals surface area contributed by atoms with Crippen LogP contribution in [-0.4, -0.2) is 32.7 Å². The van der Waals surface area contributed by atoms with Crippen LogP contribution < -0.4 is 5.32 Å². The number of phenolic OH excluding ortho intramolecular Hbond substituents is 1. The van der Waals surface area contributed by atoms with Crippen molar-refractivity contribution in [1.29, 1.82) is 0 Å². The molecule has 2 N–H and O–H groups in total. The third-order valence-corrected chi connectivity index (χ3v) is 5.00. The molecule has 2 amide bonds. The second-order valence-corrected chi connectivity index (χ2v) is 7.22. The molecule has 0 unspecified atom stereocenters. The third kappa shape index (κ3) is 4.53. The summed E-state index contributed by atoms with van der Waals surface area (Å²) in [6.45, 7) is 0.378. The largest absolute Gasteiger partial charge is 0.508 e. The van der Waals surface area contributed by atoms with E-state index in [2.05, 4.69) is 5.32 Å². The number of nitrogens with zero attached hydrogens (tertiary/aromatic N) is 1. The van der Waals surface area contributed by atoms with E-state index in [0.29, 0.717) is 33.6 Å². The van der Waals surface area contributed by atoms with Gasteiger partial charge in [0.25, 0.3) is 5.91 Å². The number of phenols is 1. The highest BCUT2D eigenvalue weighted by Crippen LogP contribution is 2.32. The summed E-state index contributed by atoms with van der Waals surface area (Å²) in [6.07, 6.45) is 3.95. The minimum Gasteiger partial charge on any atom is -0.508 e. The number of amides is 2. The van der Waals surface area contributed by atoms with Crippen molar-refractivity contribution in [3.8, 4) is 5.75 Å². The number of aromatic hydroxyl groups is 1. The molecule has 2 aromatic rings. The summed E-state index contributed by atoms with van der Waals surface area (Å²) < 4.78 is 5.70. The highest BCUT2D eigenvalue weighted by atomic mass is 32.2. The lowest BCUT2D eigenvalue weighted by Crippen LogP contribution is -2.29. The first-order valence-electron chi connectivity index (χ1n) is 7.91. The molecule has 3 rings (SSSR count). The number of benzene rings is 1. The van der Waals surface area contributed by atoms with Crippen LogP contribution in [0.3, 0.4) is 0 Å². The minimum atomic E-state index is -0.171. The van der Waals surface area contributed by atoms with Gasteiger partial charge in [0.1, 0.15) is 15.8 Å². The maximum Gasteiger partial charge on any atom is 0.266 e. The fraction of sp³-hybridized carbons (Fsp3) is 0.167. The van der Waals surface area contributed by atoms with Crippen molar-refractivity contribution in [3.63, 3.8) is 0 Å². The van der Waals surface area contributed by atoms with E-state index in [1.54, 1.807) is 36.6 Å². The molecule has 0 saturated carbocycles. The average Bonchev–Trinajstić information content (AvgIpc) is 3.21. The Labute approximate surface area is 159 Å². The zero-order chi connectivity index (χ0) is 18.5. The van der Waals surface area contributed by atoms with E-state index in [4.69, 9.17) is 16.6 Å². The first-order chi connectivity index (χ1) is 12.5. The highest BCUT2D eigenvalue weighted by Gasteiger charge is 2.31. The van der Waals surface area contributed by atoms with Crippen LogP contribution in [0.5, 0.6) is 5.75 Å². The fourth-order valence-corrected chi connectivity index (χ4v) is 3.65. The maximum atomic E-state index is 12.4. The summed E-state index contributed by atoms with van der Waals surface area (Å²) in [6, 6.07) is 9.75. The molecular weight excluding hydrogens is 372 g/mol. The molecule has 26 heavy (non-hydrogen) atoms. The fourth-order valence-electron chi connectivity index (χ4n) is 2.36. The van der Waals surface area contributed by atoms with Crippen molar-refractivity contribution in [2.45, 2.75) is 12.8 Å². The van der Waals surface area contributed by atoms with E-state index < -0.39 is 0 Å². The van der Waals surface area contributed by atoms with Gasteiger partial charge in [-0.1, -0.05) is 24.0 Å². The summed E-state index contributed by atoms with van der Waals surface area (Å²) in [4.78, 5) is 26.4. The number of hydrogen-bond acceptors (Lipinski definition) is 6. The van der Waals surface area contributed by atoms with Gasteiger partial charge in [-0.2, -0.15) is 0 Å². The SMILES string of the molecule is O=C(CCCN1C(=O)/C(=C\c2ccco2)SC1=S)Nc1ccc(O)cc1. The van der Waals surface area contributed by atoms with Crippen molar-refractivity contribution in [2.75, 3.05) is 11.9 Å². The third-order valence-electron chi connectivity index (χ3n) is 3.63. The average molecular weight is 388 g/mol. The first-order valence-corrected chi connectivity index (χ1v) is 9.13. The van der Waals surface area contributed by atoms with Crippen molar-refractivity contribution in [1.82, 2.24) is 4.90 Å². The molecule has 1 aromatic heterocycles. The molecule has 0 aliphatic carbocycles. The molecule has 0 radical (unpaired) electrons. The van der Waals surface area contributed by atoms with Crippen molar-refractivity contribution < 1.29 is 19.1 Å². The van der Waals surface area contributed by atoms with E-state index in [0.717, 1.165) is 0 Å². The number of thiocarbonyl (C=S) groups is 1. The zero-order valence-corrected chi connectivity index (χ0v) is 15.3. The van der Waals surface area contributed by atoms with Crippen LogP contribution in [0.15, 0.2) is 52.0 Å². The molecule has 0 bridgehead atoms. The van der Waals surface area contributed by atoms with Gasteiger partial charge in [0.15, 0.2) is 0 Å². The minimum absolute atomic E-state index is 0.139. The zero-order valence-electron chi connectivity index (χ0n) is 13.7. The second kappa shape index (κ2) is 8.20. The summed E-state index contributed by atoms with van der Waals surface area (Å²) >= 11 is 6.49. The van der Waals surface area contributed by atoms with E-state index in [1.807, 2.05) is 0 Å². The topological polar surface area (TPSA) is 82.8 Å². The molecule has 1 aromatic carbocycles. The lowest BCUT2D eigenvalue weighted by atomic mass is 10.2. The smallest absolute Gasteiger partial charge is 0.266 e. The Kier molecular flexibility index (Phi) is 5.75. The van der Waals surface area contributed by atoms with Crippen LogP contribution in [0.1, 0.15) is 18.6 Å². The lowest BCUT2D eigenvalue weighted by Gasteiger charge is -2.14. The summed E-state index contributed by atoms with van der Waals surface area (Å²) in [5.74, 6) is 0.404. The number of rotatable bonds is 6. The van der Waals surface area contributed by atoms with Crippen LogP contribution in [0, 0.1) is 0 Å². The molecule has 1 fully saturated rings. The van der Waals surface area contributed by atoms with E-state index in [-0.39, 0.29) is 24.0 Å². The quantitative estimate of drug-likeness (QED) is 0.447. The first kappa shape index (κ1) is 18.2. The number of furan rings is 1. The predicted molar refractivity (Wildman–Crippen MR) is 105 cm³/mol. The van der Waals surface area contributed by atoms with Crippen molar-refractivity contribution in [2.24, 2.45) is 0 Å². The highest BCUT2D eigenvalue weighted by molar-refractivity contribution is 8.26. The van der Waals surface area contributed by atoms with Crippen LogP contribution in [-0.2, 0) is 9.59 Å². The molecule has 8 heteroatoms. The number of carbonyl (C=O) groups is 2. The van der Waals surface area contributed by atoms with Gasteiger partial charge in [0, 0.05) is 24.7 Å². The van der Waals surface area contributed by atoms with Gasteiger partial charge in [-0.05, 0) is 42.8 Å². The molecule has 0 atom stereocenters. The number of nitrogens with one attached hydrogen (secondary N) is 1. The van der Waals surface area contributed by atoms with Gasteiger partial charge in [-0.15, -0.1) is 0 Å². The number of thioether (sulfide) groups is 1. The number of hydrogen-bond donors (Lipinski definition) is 2. The molecule has 6 nitrogen and oxygen atoms in total. The van der Waals surface area contributed by atoms with Gasteiger partial charge in [-0.3, -0.25) is 14.5 Å². The molecular formula is C18H16N2O4S2. The molecule has 1 aliphatic rings. The van der Waals surface area contributed by atoms with Gasteiger partial charge in [0.2, 0.25) is 5.91 Å². The Bertz CT molecular complexity index is 845. The summed E-state index contributed by atoms with van der Waals surface area (Å²) in [7, 11) is 0. The Morgan fingerprint density at radius 1 is 1.31 bits per heavy atom. The molecule has 0 spiro atoms. The van der Waals surface area contributed by atoms with E-state index in [1.165, 1.54) is 28.8 Å². The molecule has 134 valence electrons. The Hall–Kier alpha value is -2.58. The van der Waals surface area contributed by atoms with E-state index >= 15 is 0 Å². The second-order valence-electron chi connectivity index (χ2n) is 5.55. The Morgan fingerprint density at radius 3 is 2.77 bits per heavy atom. The lowest BCUT2D eigenvalue weighted by molar-refractivity contribution is -0.122. The van der Waals surface area contributed by atoms with Crippen LogP contribution in [0.2, 0.25) is 0 Å². The van der Waals surface area contributed by atoms with Crippen LogP contribution in [0.4, 0.5) is 5.69 Å². The monoisotopic (exact) mass is 388 g/mol. The van der Waals surface area contributed by atoms with E-state index in [9.17, 15) is 14.7 Å².